The van der Waals surface area contributed by atoms with Gasteiger partial charge in [-0.25, -0.2) is 14.2 Å². The van der Waals surface area contributed by atoms with Gasteiger partial charge in [0, 0.05) is 22.3 Å². The number of hydrogen-bond donors (Lipinski definition) is 0. The number of hydrogen-bond acceptors (Lipinski definition) is 4. The highest BCUT2D eigenvalue weighted by Gasteiger charge is 2.27. The second-order valence-electron chi connectivity index (χ2n) is 6.14. The van der Waals surface area contributed by atoms with Crippen LogP contribution in [0.2, 0.25) is 5.02 Å². The van der Waals surface area contributed by atoms with Crippen LogP contribution >= 0.6 is 11.6 Å². The summed E-state index contributed by atoms with van der Waals surface area (Å²) >= 11 is 6.22. The predicted molar refractivity (Wildman–Crippen MR) is 100 cm³/mol. The molecule has 136 valence electrons. The van der Waals surface area contributed by atoms with Crippen molar-refractivity contribution in [1.82, 2.24) is 9.55 Å². The fourth-order valence-electron chi connectivity index (χ4n) is 3.18. The van der Waals surface area contributed by atoms with E-state index in [2.05, 4.69) is 4.98 Å². The Labute approximate surface area is 160 Å². The van der Waals surface area contributed by atoms with E-state index in [1.54, 1.807) is 47.2 Å². The number of ether oxygens (including phenoxy) is 1. The number of nitrogens with zero attached hydrogens (tertiary/aromatic N) is 3. The number of aromatic nitrogens is 2. The van der Waals surface area contributed by atoms with Gasteiger partial charge in [0.1, 0.15) is 17.7 Å². The van der Waals surface area contributed by atoms with Gasteiger partial charge in [0.05, 0.1) is 18.5 Å². The number of benzene rings is 2. The Morgan fingerprint density at radius 1 is 1.22 bits per heavy atom. The van der Waals surface area contributed by atoms with Crippen molar-refractivity contribution in [3.05, 3.63) is 82.1 Å². The van der Waals surface area contributed by atoms with Crippen LogP contribution < -0.4 is 0 Å². The van der Waals surface area contributed by atoms with Crippen molar-refractivity contribution in [3.63, 3.8) is 0 Å². The molecule has 0 amide bonds. The van der Waals surface area contributed by atoms with E-state index < -0.39 is 12.0 Å². The van der Waals surface area contributed by atoms with E-state index in [1.165, 1.54) is 13.2 Å². The van der Waals surface area contributed by atoms with Crippen molar-refractivity contribution in [3.8, 4) is 5.69 Å². The van der Waals surface area contributed by atoms with Gasteiger partial charge in [-0.3, -0.25) is 4.99 Å². The first-order valence-electron chi connectivity index (χ1n) is 8.30. The number of rotatable bonds is 2. The molecular formula is C20H15ClFN3O2. The van der Waals surface area contributed by atoms with Crippen LogP contribution in [0.4, 0.5) is 4.39 Å². The molecule has 0 fully saturated rings. The highest BCUT2D eigenvalue weighted by molar-refractivity contribution is 6.31. The number of carbonyl (C=O) groups excluding carboxylic acids is 1. The summed E-state index contributed by atoms with van der Waals surface area (Å²) in [6.07, 6.45) is 1.60. The molecule has 3 aromatic rings. The maximum absolute atomic E-state index is 14.5. The van der Waals surface area contributed by atoms with E-state index in [4.69, 9.17) is 21.3 Å². The lowest BCUT2D eigenvalue weighted by atomic mass is 10.00. The lowest BCUT2D eigenvalue weighted by molar-refractivity contribution is 0.0594. The van der Waals surface area contributed by atoms with E-state index in [-0.39, 0.29) is 11.5 Å². The van der Waals surface area contributed by atoms with Gasteiger partial charge in [0.15, 0.2) is 5.69 Å². The monoisotopic (exact) mass is 383 g/mol. The van der Waals surface area contributed by atoms with Gasteiger partial charge >= 0.3 is 5.97 Å². The summed E-state index contributed by atoms with van der Waals surface area (Å²) in [7, 11) is 1.30. The molecule has 2 heterocycles. The molecule has 1 unspecified atom stereocenters. The average Bonchev–Trinajstić information content (AvgIpc) is 3.07. The van der Waals surface area contributed by atoms with Crippen molar-refractivity contribution in [2.24, 2.45) is 4.99 Å². The fraction of sp³-hybridized carbons (Fsp3) is 0.150. The quantitative estimate of drug-likeness (QED) is 0.618. The Morgan fingerprint density at radius 3 is 2.74 bits per heavy atom. The molecule has 27 heavy (non-hydrogen) atoms. The normalized spacial score (nSPS) is 15.4. The Bertz CT molecular complexity index is 1090. The highest BCUT2D eigenvalue weighted by atomic mass is 35.5. The summed E-state index contributed by atoms with van der Waals surface area (Å²) in [6, 6.07) is 11.3. The first-order chi connectivity index (χ1) is 13.0. The van der Waals surface area contributed by atoms with E-state index in [1.807, 2.05) is 6.92 Å². The van der Waals surface area contributed by atoms with Crippen LogP contribution in [-0.4, -0.2) is 28.3 Å². The van der Waals surface area contributed by atoms with Crippen LogP contribution in [0, 0.1) is 5.82 Å². The van der Waals surface area contributed by atoms with Gasteiger partial charge in [-0.2, -0.15) is 0 Å². The first kappa shape index (κ1) is 17.4. The Morgan fingerprint density at radius 2 is 2.00 bits per heavy atom. The van der Waals surface area contributed by atoms with Crippen LogP contribution in [0.5, 0.6) is 0 Å². The van der Waals surface area contributed by atoms with Crippen molar-refractivity contribution in [1.29, 1.82) is 0 Å². The molecule has 1 aromatic heterocycles. The summed E-state index contributed by atoms with van der Waals surface area (Å²) in [4.78, 5) is 21.0. The van der Waals surface area contributed by atoms with Crippen molar-refractivity contribution in [2.75, 3.05) is 7.11 Å². The van der Waals surface area contributed by atoms with Gasteiger partial charge in [-0.1, -0.05) is 23.7 Å². The molecule has 2 aromatic carbocycles. The van der Waals surface area contributed by atoms with Gasteiger partial charge in [-0.15, -0.1) is 0 Å². The molecule has 1 aliphatic heterocycles. The highest BCUT2D eigenvalue weighted by Crippen LogP contribution is 2.32. The van der Waals surface area contributed by atoms with Crippen molar-refractivity contribution in [2.45, 2.75) is 13.0 Å². The molecule has 0 saturated heterocycles. The zero-order valence-corrected chi connectivity index (χ0v) is 15.4. The summed E-state index contributed by atoms with van der Waals surface area (Å²) in [5, 5.41) is 0.502. The van der Waals surface area contributed by atoms with Gasteiger partial charge in [0.25, 0.3) is 0 Å². The molecule has 5 nitrogen and oxygen atoms in total. The van der Waals surface area contributed by atoms with E-state index in [0.717, 1.165) is 0 Å². The molecule has 1 atom stereocenters. The smallest absolute Gasteiger partial charge is 0.358 e. The number of imidazole rings is 1. The van der Waals surface area contributed by atoms with Crippen LogP contribution in [0.3, 0.4) is 0 Å². The molecule has 0 bridgehead atoms. The zero-order chi connectivity index (χ0) is 19.1. The van der Waals surface area contributed by atoms with E-state index >= 15 is 0 Å². The predicted octanol–water partition coefficient (Wildman–Crippen LogP) is 4.36. The lowest BCUT2D eigenvalue weighted by Gasteiger charge is -2.12. The SMILES string of the molecule is COC(=O)c1cn2c(n1)C(C)N=C(c1ccccc1F)c1cc(Cl)ccc1-2. The Kier molecular flexibility index (Phi) is 4.28. The minimum Gasteiger partial charge on any atom is -0.464 e. The number of halogens is 2. The van der Waals surface area contributed by atoms with Crippen LogP contribution in [-0.2, 0) is 4.74 Å². The molecule has 0 aliphatic carbocycles. The minimum absolute atomic E-state index is 0.185. The number of methoxy groups -OCH3 is 1. The minimum atomic E-state index is -0.531. The zero-order valence-electron chi connectivity index (χ0n) is 14.6. The van der Waals surface area contributed by atoms with Crippen molar-refractivity contribution < 1.29 is 13.9 Å². The van der Waals surface area contributed by atoms with Gasteiger partial charge < -0.3 is 9.30 Å². The number of aliphatic imine (C=N–C) groups is 1. The van der Waals surface area contributed by atoms with E-state index in [9.17, 15) is 9.18 Å². The third-order valence-corrected chi connectivity index (χ3v) is 4.66. The molecule has 4 rings (SSSR count). The summed E-state index contributed by atoms with van der Waals surface area (Å²) in [5.41, 5.74) is 2.43. The van der Waals surface area contributed by atoms with Crippen molar-refractivity contribution >= 4 is 23.3 Å². The molecular weight excluding hydrogens is 369 g/mol. The number of esters is 1. The standard InChI is InChI=1S/C20H15ClFN3O2/c1-11-19-24-16(20(26)27-2)10-25(19)17-8-7-12(21)9-14(17)18(23-11)13-5-3-4-6-15(13)22/h3-11H,1-2H3. The van der Waals surface area contributed by atoms with Gasteiger partial charge in [-0.05, 0) is 37.3 Å². The van der Waals surface area contributed by atoms with Gasteiger partial charge in [0.2, 0.25) is 0 Å². The van der Waals surface area contributed by atoms with Crippen LogP contribution in [0.1, 0.15) is 40.4 Å². The lowest BCUT2D eigenvalue weighted by Crippen LogP contribution is -2.09. The average molecular weight is 384 g/mol. The topological polar surface area (TPSA) is 56.5 Å². The molecule has 0 spiro atoms. The fourth-order valence-corrected chi connectivity index (χ4v) is 3.35. The number of carbonyl (C=O) groups is 1. The summed E-state index contributed by atoms with van der Waals surface area (Å²) in [5.74, 6) is -0.342. The van der Waals surface area contributed by atoms with Crippen LogP contribution in [0.15, 0.2) is 53.7 Å². The van der Waals surface area contributed by atoms with E-state index in [0.29, 0.717) is 33.4 Å². The Hall–Kier alpha value is -2.99. The maximum atomic E-state index is 14.5. The second-order valence-corrected chi connectivity index (χ2v) is 6.58. The maximum Gasteiger partial charge on any atom is 0.358 e. The largest absolute Gasteiger partial charge is 0.464 e. The van der Waals surface area contributed by atoms with Crippen LogP contribution in [0.25, 0.3) is 5.69 Å². The molecule has 0 radical (unpaired) electrons. The summed E-state index contributed by atoms with van der Waals surface area (Å²) in [6.45, 7) is 1.84. The molecule has 0 N–H and O–H groups in total. The first-order valence-corrected chi connectivity index (χ1v) is 8.68. The summed E-state index contributed by atoms with van der Waals surface area (Å²) < 4.78 is 21.1. The molecule has 1 aliphatic rings. The molecule has 0 saturated carbocycles. The third-order valence-electron chi connectivity index (χ3n) is 4.43. The molecule has 7 heteroatoms. The number of fused-ring (bicyclic) bond motifs is 3. The second kappa shape index (κ2) is 6.63. The third kappa shape index (κ3) is 2.92. The Balaban J connectivity index is 2.00.